The minimum absolute atomic E-state index is 0. The first-order valence-electron chi connectivity index (χ1n) is 6.98. The Labute approximate surface area is 148 Å². The van der Waals surface area contributed by atoms with E-state index in [1.807, 2.05) is 0 Å². The largest absolute Gasteiger partial charge is 1.00 e. The summed E-state index contributed by atoms with van der Waals surface area (Å²) in [6, 6.07) is 0. The third-order valence-electron chi connectivity index (χ3n) is 3.00. The van der Waals surface area contributed by atoms with Crippen molar-refractivity contribution >= 4 is 5.97 Å². The Balaban J connectivity index is 0.00000400. The molecule has 1 aliphatic rings. The van der Waals surface area contributed by atoms with Crippen LogP contribution in [0.25, 0.3) is 0 Å². The predicted molar refractivity (Wildman–Crippen MR) is 74.3 cm³/mol. The molecule has 0 aliphatic heterocycles. The van der Waals surface area contributed by atoms with Crippen LogP contribution in [-0.4, -0.2) is 28.4 Å². The van der Waals surface area contributed by atoms with Crippen LogP contribution >= 0.6 is 0 Å². The summed E-state index contributed by atoms with van der Waals surface area (Å²) in [6.45, 7) is 0. The second kappa shape index (κ2) is 12.0. The van der Waals surface area contributed by atoms with Crippen LogP contribution in [-0.2, 0) is 4.79 Å². The molecule has 21 heavy (non-hydrogen) atoms. The molecule has 4 nitrogen and oxygen atoms in total. The van der Waals surface area contributed by atoms with Gasteiger partial charge in [-0.2, -0.15) is 0 Å². The molecule has 0 unspecified atom stereocenters. The second-order valence-electron chi connectivity index (χ2n) is 5.06. The number of carboxylic acids is 1. The number of carbonyl (C=O) groups is 1. The average molecular weight is 300 g/mol. The minimum atomic E-state index is -1.11. The molecule has 0 heterocycles. The molecule has 0 aromatic carbocycles. The summed E-state index contributed by atoms with van der Waals surface area (Å²) in [5.74, 6) is 4.85. The smallest absolute Gasteiger partial charge is 0.550 e. The predicted octanol–water partition coefficient (Wildman–Crippen LogP) is -2.45. The first kappa shape index (κ1) is 20.4. The summed E-state index contributed by atoms with van der Waals surface area (Å²) in [4.78, 5) is 10.2. The van der Waals surface area contributed by atoms with Crippen LogP contribution in [0.2, 0.25) is 0 Å². The quantitative estimate of drug-likeness (QED) is 0.296. The Hall–Kier alpha value is -0.570. The van der Waals surface area contributed by atoms with Crippen molar-refractivity contribution in [1.82, 2.24) is 0 Å². The van der Waals surface area contributed by atoms with E-state index >= 15 is 0 Å². The SMILES string of the molecule is O=C([O-])CCC[C@@H](O)C#C/C=C/C=C/[C@H](O)CC1CC1.[Na+]. The molecule has 1 aliphatic carbocycles. The van der Waals surface area contributed by atoms with Crippen molar-refractivity contribution in [3.63, 3.8) is 0 Å². The normalized spacial score (nSPS) is 17.0. The van der Waals surface area contributed by atoms with Gasteiger partial charge in [0, 0.05) is 5.97 Å². The molecule has 0 aromatic heterocycles. The zero-order valence-electron chi connectivity index (χ0n) is 12.5. The van der Waals surface area contributed by atoms with E-state index in [-0.39, 0.29) is 36.0 Å². The van der Waals surface area contributed by atoms with Crippen LogP contribution < -0.4 is 34.7 Å². The Morgan fingerprint density at radius 3 is 2.67 bits per heavy atom. The van der Waals surface area contributed by atoms with Crippen molar-refractivity contribution in [2.75, 3.05) is 0 Å². The Morgan fingerprint density at radius 1 is 1.33 bits per heavy atom. The standard InChI is InChI=1S/C16H22O4.Na/c17-14(8-5-9-16(19)20)6-3-1-2-4-7-15(18)12-13-10-11-13;/h1-2,4,7,13-15,17-18H,5,8-12H2,(H,19,20);/q;+1/p-1/b2-1+,7-4+;/t14-,15-;/m0./s1. The number of rotatable bonds is 8. The Kier molecular flexibility index (Phi) is 11.7. The van der Waals surface area contributed by atoms with E-state index in [0.29, 0.717) is 18.8 Å². The first-order chi connectivity index (χ1) is 9.58. The molecule has 0 spiro atoms. The summed E-state index contributed by atoms with van der Waals surface area (Å²) < 4.78 is 0. The minimum Gasteiger partial charge on any atom is -0.550 e. The maximum atomic E-state index is 10.2. The molecule has 1 saturated carbocycles. The van der Waals surface area contributed by atoms with E-state index < -0.39 is 18.2 Å². The van der Waals surface area contributed by atoms with Gasteiger partial charge in [-0.3, -0.25) is 0 Å². The molecule has 0 aromatic rings. The van der Waals surface area contributed by atoms with Gasteiger partial charge in [0.05, 0.1) is 6.10 Å². The zero-order chi connectivity index (χ0) is 14.8. The maximum Gasteiger partial charge on any atom is 1.00 e. The fourth-order valence-corrected chi connectivity index (χ4v) is 1.73. The summed E-state index contributed by atoms with van der Waals surface area (Å²) in [5, 5.41) is 29.2. The number of hydrogen-bond acceptors (Lipinski definition) is 4. The monoisotopic (exact) mass is 300 g/mol. The average Bonchev–Trinajstić information content (AvgIpc) is 3.17. The van der Waals surface area contributed by atoms with Crippen molar-refractivity contribution in [3.05, 3.63) is 24.3 Å². The van der Waals surface area contributed by atoms with Gasteiger partial charge in [-0.25, -0.2) is 0 Å². The van der Waals surface area contributed by atoms with Crippen LogP contribution in [0.15, 0.2) is 24.3 Å². The molecule has 5 heteroatoms. The summed E-state index contributed by atoms with van der Waals surface area (Å²) >= 11 is 0. The molecular weight excluding hydrogens is 279 g/mol. The van der Waals surface area contributed by atoms with E-state index in [0.717, 1.165) is 6.42 Å². The number of hydrogen-bond donors (Lipinski definition) is 2. The summed E-state index contributed by atoms with van der Waals surface area (Å²) in [7, 11) is 0. The van der Waals surface area contributed by atoms with Crippen molar-refractivity contribution in [3.8, 4) is 11.8 Å². The third kappa shape index (κ3) is 12.9. The van der Waals surface area contributed by atoms with Gasteiger partial charge in [-0.05, 0) is 37.7 Å². The van der Waals surface area contributed by atoms with Gasteiger partial charge >= 0.3 is 29.6 Å². The Morgan fingerprint density at radius 2 is 2.05 bits per heavy atom. The van der Waals surface area contributed by atoms with E-state index in [1.54, 1.807) is 24.3 Å². The first-order valence-corrected chi connectivity index (χ1v) is 6.98. The molecule has 0 saturated heterocycles. The van der Waals surface area contributed by atoms with Gasteiger partial charge in [0.1, 0.15) is 6.10 Å². The zero-order valence-corrected chi connectivity index (χ0v) is 14.5. The molecule has 1 rings (SSSR count). The fourth-order valence-electron chi connectivity index (χ4n) is 1.73. The number of aliphatic carboxylic acids is 1. The summed E-state index contributed by atoms with van der Waals surface area (Å²) in [6.07, 6.45) is 9.45. The Bertz CT molecular complexity index is 416. The van der Waals surface area contributed by atoms with E-state index in [9.17, 15) is 20.1 Å². The van der Waals surface area contributed by atoms with Crippen molar-refractivity contribution in [1.29, 1.82) is 0 Å². The molecular formula is C16H21NaO4. The fraction of sp³-hybridized carbons (Fsp3) is 0.562. The molecule has 0 bridgehead atoms. The van der Waals surface area contributed by atoms with Gasteiger partial charge in [0.2, 0.25) is 0 Å². The third-order valence-corrected chi connectivity index (χ3v) is 3.00. The van der Waals surface area contributed by atoms with Gasteiger partial charge in [-0.15, -0.1) is 0 Å². The van der Waals surface area contributed by atoms with Crippen molar-refractivity contribution in [2.24, 2.45) is 5.92 Å². The number of carboxylic acid groups (broad SMARTS) is 1. The molecule has 2 N–H and O–H groups in total. The van der Waals surface area contributed by atoms with Gasteiger partial charge in [0.15, 0.2) is 0 Å². The number of allylic oxidation sites excluding steroid dienone is 3. The topological polar surface area (TPSA) is 80.6 Å². The molecule has 1 fully saturated rings. The maximum absolute atomic E-state index is 10.2. The number of aliphatic hydroxyl groups excluding tert-OH is 2. The molecule has 110 valence electrons. The van der Waals surface area contributed by atoms with Crippen LogP contribution in [0.4, 0.5) is 0 Å². The van der Waals surface area contributed by atoms with Crippen LogP contribution in [0.5, 0.6) is 0 Å². The van der Waals surface area contributed by atoms with Gasteiger partial charge in [0.25, 0.3) is 0 Å². The molecule has 0 radical (unpaired) electrons. The van der Waals surface area contributed by atoms with Gasteiger partial charge in [-0.1, -0.05) is 42.9 Å². The molecule has 2 atom stereocenters. The van der Waals surface area contributed by atoms with Crippen LogP contribution in [0, 0.1) is 17.8 Å². The molecule has 0 amide bonds. The van der Waals surface area contributed by atoms with Gasteiger partial charge < -0.3 is 20.1 Å². The van der Waals surface area contributed by atoms with E-state index in [4.69, 9.17) is 0 Å². The van der Waals surface area contributed by atoms with Crippen molar-refractivity contribution < 1.29 is 49.7 Å². The van der Waals surface area contributed by atoms with Crippen LogP contribution in [0.1, 0.15) is 38.5 Å². The van der Waals surface area contributed by atoms with E-state index in [1.165, 1.54) is 12.8 Å². The van der Waals surface area contributed by atoms with Crippen LogP contribution in [0.3, 0.4) is 0 Å². The van der Waals surface area contributed by atoms with Crippen molar-refractivity contribution in [2.45, 2.75) is 50.7 Å². The van der Waals surface area contributed by atoms with E-state index in [2.05, 4.69) is 11.8 Å². The number of carbonyl (C=O) groups excluding carboxylic acids is 1. The number of aliphatic hydroxyl groups is 2. The summed E-state index contributed by atoms with van der Waals surface area (Å²) in [5.41, 5.74) is 0. The second-order valence-corrected chi connectivity index (χ2v) is 5.06.